The predicted octanol–water partition coefficient (Wildman–Crippen LogP) is 0.201. The van der Waals surface area contributed by atoms with Gasteiger partial charge in [0.05, 0.1) is 11.9 Å². The van der Waals surface area contributed by atoms with Gasteiger partial charge in [0.15, 0.2) is 0 Å². The summed E-state index contributed by atoms with van der Waals surface area (Å²) in [6, 6.07) is 0. The number of rotatable bonds is 2. The highest BCUT2D eigenvalue weighted by Gasteiger charge is 2.21. The molecule has 1 aliphatic heterocycles. The summed E-state index contributed by atoms with van der Waals surface area (Å²) >= 11 is 0. The van der Waals surface area contributed by atoms with Gasteiger partial charge >= 0.3 is 0 Å². The van der Waals surface area contributed by atoms with Crippen molar-refractivity contribution in [3.8, 4) is 0 Å². The van der Waals surface area contributed by atoms with Crippen LogP contribution in [0, 0.1) is 5.92 Å². The third-order valence-electron chi connectivity index (χ3n) is 2.77. The van der Waals surface area contributed by atoms with Gasteiger partial charge in [-0.1, -0.05) is 0 Å². The molecule has 1 aromatic heterocycles. The van der Waals surface area contributed by atoms with Crippen LogP contribution in [0.15, 0.2) is 6.20 Å². The zero-order chi connectivity index (χ0) is 9.97. The molecule has 0 radical (unpaired) electrons. The number of nitrogens with one attached hydrogen (secondary N) is 1. The SMILES string of the molecule is Nc1[nH]ncc1N1CCCC(CO)C1. The number of aliphatic hydroxyl groups is 1. The Balaban J connectivity index is 2.08. The minimum absolute atomic E-state index is 0.258. The van der Waals surface area contributed by atoms with Crippen molar-refractivity contribution in [1.29, 1.82) is 0 Å². The Hall–Kier alpha value is -1.23. The second kappa shape index (κ2) is 3.88. The van der Waals surface area contributed by atoms with Crippen molar-refractivity contribution in [2.75, 3.05) is 30.3 Å². The number of nitrogens with two attached hydrogens (primary N) is 1. The maximum Gasteiger partial charge on any atom is 0.142 e. The number of nitrogen functional groups attached to an aromatic ring is 1. The predicted molar refractivity (Wildman–Crippen MR) is 55.0 cm³/mol. The molecule has 5 nitrogen and oxygen atoms in total. The van der Waals surface area contributed by atoms with E-state index >= 15 is 0 Å². The fourth-order valence-electron chi connectivity index (χ4n) is 1.97. The zero-order valence-corrected chi connectivity index (χ0v) is 8.11. The Morgan fingerprint density at radius 3 is 3.21 bits per heavy atom. The van der Waals surface area contributed by atoms with Gasteiger partial charge in [0.2, 0.25) is 0 Å². The summed E-state index contributed by atoms with van der Waals surface area (Å²) in [5, 5.41) is 15.7. The van der Waals surface area contributed by atoms with Crippen molar-refractivity contribution in [2.45, 2.75) is 12.8 Å². The molecule has 0 bridgehead atoms. The molecule has 2 rings (SSSR count). The van der Waals surface area contributed by atoms with Crippen LogP contribution in [0.5, 0.6) is 0 Å². The van der Waals surface area contributed by atoms with Gasteiger partial charge in [-0.05, 0) is 18.8 Å². The van der Waals surface area contributed by atoms with Crippen molar-refractivity contribution in [3.63, 3.8) is 0 Å². The number of aromatic amines is 1. The van der Waals surface area contributed by atoms with Crippen molar-refractivity contribution < 1.29 is 5.11 Å². The molecular weight excluding hydrogens is 180 g/mol. The largest absolute Gasteiger partial charge is 0.396 e. The zero-order valence-electron chi connectivity index (χ0n) is 8.11. The van der Waals surface area contributed by atoms with Crippen LogP contribution in [0.4, 0.5) is 11.5 Å². The first kappa shape index (κ1) is 9.33. The summed E-state index contributed by atoms with van der Waals surface area (Å²) in [5.74, 6) is 0.988. The molecule has 1 fully saturated rings. The number of nitrogens with zero attached hydrogens (tertiary/aromatic N) is 2. The average molecular weight is 196 g/mol. The van der Waals surface area contributed by atoms with Crippen molar-refractivity contribution in [1.82, 2.24) is 10.2 Å². The van der Waals surface area contributed by atoms with Crippen LogP contribution in [0.3, 0.4) is 0 Å². The van der Waals surface area contributed by atoms with Gasteiger partial charge in [0, 0.05) is 19.7 Å². The number of aromatic nitrogens is 2. The molecule has 0 spiro atoms. The fraction of sp³-hybridized carbons (Fsp3) is 0.667. The Kier molecular flexibility index (Phi) is 2.58. The lowest BCUT2D eigenvalue weighted by Gasteiger charge is -2.32. The normalized spacial score (nSPS) is 22.6. The number of aliphatic hydroxyl groups excluding tert-OH is 1. The van der Waals surface area contributed by atoms with E-state index in [1.54, 1.807) is 6.20 Å². The molecular formula is C9H16N4O. The first-order valence-corrected chi connectivity index (χ1v) is 4.96. The minimum Gasteiger partial charge on any atom is -0.396 e. The molecule has 14 heavy (non-hydrogen) atoms. The molecule has 0 aromatic carbocycles. The average Bonchev–Trinajstić information content (AvgIpc) is 2.65. The maximum absolute atomic E-state index is 9.09. The number of H-pyrrole nitrogens is 1. The number of piperidine rings is 1. The molecule has 0 aliphatic carbocycles. The lowest BCUT2D eigenvalue weighted by Crippen LogP contribution is -2.36. The molecule has 78 valence electrons. The van der Waals surface area contributed by atoms with Gasteiger partial charge in [-0.2, -0.15) is 5.10 Å². The van der Waals surface area contributed by atoms with Crippen LogP contribution < -0.4 is 10.6 Å². The van der Waals surface area contributed by atoms with Crippen LogP contribution in [0.1, 0.15) is 12.8 Å². The van der Waals surface area contributed by atoms with E-state index in [9.17, 15) is 0 Å². The molecule has 0 amide bonds. The van der Waals surface area contributed by atoms with Crippen LogP contribution in [0.25, 0.3) is 0 Å². The maximum atomic E-state index is 9.09. The molecule has 1 aliphatic rings. The van der Waals surface area contributed by atoms with E-state index in [-0.39, 0.29) is 6.61 Å². The molecule has 1 saturated heterocycles. The second-order valence-corrected chi connectivity index (χ2v) is 3.81. The van der Waals surface area contributed by atoms with Crippen LogP contribution >= 0.6 is 0 Å². The third kappa shape index (κ3) is 1.68. The first-order valence-electron chi connectivity index (χ1n) is 4.96. The number of anilines is 2. The number of hydrogen-bond acceptors (Lipinski definition) is 4. The summed E-state index contributed by atoms with van der Waals surface area (Å²) in [5.41, 5.74) is 6.70. The van der Waals surface area contributed by atoms with Gasteiger partial charge in [0.1, 0.15) is 5.82 Å². The smallest absolute Gasteiger partial charge is 0.142 e. The van der Waals surface area contributed by atoms with Crippen molar-refractivity contribution in [3.05, 3.63) is 6.20 Å². The van der Waals surface area contributed by atoms with E-state index in [0.29, 0.717) is 11.7 Å². The highest BCUT2D eigenvalue weighted by molar-refractivity contribution is 5.62. The van der Waals surface area contributed by atoms with E-state index in [1.165, 1.54) is 0 Å². The summed E-state index contributed by atoms with van der Waals surface area (Å²) in [7, 11) is 0. The van der Waals surface area contributed by atoms with Crippen molar-refractivity contribution in [2.24, 2.45) is 5.92 Å². The van der Waals surface area contributed by atoms with Crippen LogP contribution in [0.2, 0.25) is 0 Å². The Bertz CT molecular complexity index is 299. The molecule has 4 N–H and O–H groups in total. The second-order valence-electron chi connectivity index (χ2n) is 3.81. The number of hydrogen-bond donors (Lipinski definition) is 3. The Labute approximate surface area is 82.9 Å². The van der Waals surface area contributed by atoms with Crippen molar-refractivity contribution >= 4 is 11.5 Å². The standard InChI is InChI=1S/C9H16N4O/c10-9-8(4-11-12-9)13-3-1-2-7(5-13)6-14/h4,7,14H,1-3,5-6H2,(H3,10,11,12). The summed E-state index contributed by atoms with van der Waals surface area (Å²) in [6.07, 6.45) is 3.95. The van der Waals surface area contributed by atoms with E-state index in [2.05, 4.69) is 15.1 Å². The van der Waals surface area contributed by atoms with Gasteiger partial charge in [-0.15, -0.1) is 0 Å². The fourth-order valence-corrected chi connectivity index (χ4v) is 1.97. The molecule has 0 saturated carbocycles. The lowest BCUT2D eigenvalue weighted by atomic mass is 9.99. The van der Waals surface area contributed by atoms with E-state index in [0.717, 1.165) is 31.6 Å². The quantitative estimate of drug-likeness (QED) is 0.631. The van der Waals surface area contributed by atoms with E-state index < -0.39 is 0 Å². The molecule has 5 heteroatoms. The summed E-state index contributed by atoms with van der Waals surface area (Å²) in [4.78, 5) is 2.18. The summed E-state index contributed by atoms with van der Waals surface area (Å²) < 4.78 is 0. The van der Waals surface area contributed by atoms with Gasteiger partial charge in [-0.3, -0.25) is 5.10 Å². The first-order chi connectivity index (χ1) is 6.81. The Morgan fingerprint density at radius 1 is 1.71 bits per heavy atom. The van der Waals surface area contributed by atoms with Crippen LogP contribution in [-0.2, 0) is 0 Å². The highest BCUT2D eigenvalue weighted by atomic mass is 16.3. The lowest BCUT2D eigenvalue weighted by molar-refractivity contribution is 0.209. The van der Waals surface area contributed by atoms with Gasteiger partial charge in [-0.25, -0.2) is 0 Å². The highest BCUT2D eigenvalue weighted by Crippen LogP contribution is 2.25. The Morgan fingerprint density at radius 2 is 2.57 bits per heavy atom. The summed E-state index contributed by atoms with van der Waals surface area (Å²) in [6.45, 7) is 2.13. The van der Waals surface area contributed by atoms with Gasteiger partial charge in [0.25, 0.3) is 0 Å². The topological polar surface area (TPSA) is 78.2 Å². The monoisotopic (exact) mass is 196 g/mol. The van der Waals surface area contributed by atoms with Gasteiger partial charge < -0.3 is 15.7 Å². The third-order valence-corrected chi connectivity index (χ3v) is 2.77. The van der Waals surface area contributed by atoms with E-state index in [4.69, 9.17) is 10.8 Å². The van der Waals surface area contributed by atoms with E-state index in [1.807, 2.05) is 0 Å². The molecule has 2 heterocycles. The molecule has 1 unspecified atom stereocenters. The molecule has 1 atom stereocenters. The molecule has 1 aromatic rings. The van der Waals surface area contributed by atoms with Crippen LogP contribution in [-0.4, -0.2) is 35.0 Å². The minimum atomic E-state index is 0.258.